The first-order valence-corrected chi connectivity index (χ1v) is 7.75. The van der Waals surface area contributed by atoms with Crippen LogP contribution in [0.5, 0.6) is 0 Å². The topological polar surface area (TPSA) is 75.7 Å². The third-order valence-electron chi connectivity index (χ3n) is 3.44. The smallest absolute Gasteiger partial charge is 0.325 e. The first kappa shape index (κ1) is 15.5. The standard InChI is InChI=1S/C14H18N2O4S/c1-3-20-11(17)5-4-7-16-12(18)14(2,15-13(16)19)10-6-8-21-9-10/h6,8-9H,3-5,7H2,1-2H3,(H,15,19). The maximum Gasteiger partial charge on any atom is 0.325 e. The van der Waals surface area contributed by atoms with Gasteiger partial charge in [-0.1, -0.05) is 0 Å². The van der Waals surface area contributed by atoms with E-state index in [1.54, 1.807) is 13.8 Å². The van der Waals surface area contributed by atoms with Crippen LogP contribution >= 0.6 is 11.3 Å². The van der Waals surface area contributed by atoms with E-state index >= 15 is 0 Å². The van der Waals surface area contributed by atoms with Crippen molar-refractivity contribution in [3.8, 4) is 0 Å². The molecule has 1 aromatic rings. The highest BCUT2D eigenvalue weighted by Gasteiger charge is 2.48. The maximum absolute atomic E-state index is 12.5. The number of carbonyl (C=O) groups excluding carboxylic acids is 3. The summed E-state index contributed by atoms with van der Waals surface area (Å²) in [5.41, 5.74) is -0.236. The Balaban J connectivity index is 1.98. The Morgan fingerprint density at radius 3 is 2.86 bits per heavy atom. The molecule has 1 unspecified atom stereocenters. The molecule has 1 aliphatic rings. The van der Waals surface area contributed by atoms with Crippen molar-refractivity contribution >= 4 is 29.2 Å². The summed E-state index contributed by atoms with van der Waals surface area (Å²) in [5, 5.41) is 6.44. The fourth-order valence-corrected chi connectivity index (χ4v) is 3.02. The molecule has 6 nitrogen and oxygen atoms in total. The van der Waals surface area contributed by atoms with Gasteiger partial charge in [0.15, 0.2) is 0 Å². The Hall–Kier alpha value is -1.89. The van der Waals surface area contributed by atoms with E-state index in [0.29, 0.717) is 13.0 Å². The summed E-state index contributed by atoms with van der Waals surface area (Å²) in [4.78, 5) is 36.9. The molecule has 2 rings (SSSR count). The number of amides is 3. The SMILES string of the molecule is CCOC(=O)CCCN1C(=O)NC(C)(c2ccsc2)C1=O. The van der Waals surface area contributed by atoms with Crippen molar-refractivity contribution in [1.29, 1.82) is 0 Å². The zero-order valence-electron chi connectivity index (χ0n) is 12.0. The summed E-state index contributed by atoms with van der Waals surface area (Å²) in [6.07, 6.45) is 0.595. The van der Waals surface area contributed by atoms with Crippen molar-refractivity contribution in [1.82, 2.24) is 10.2 Å². The second kappa shape index (κ2) is 6.26. The van der Waals surface area contributed by atoms with Crippen LogP contribution in [-0.4, -0.2) is 36.0 Å². The largest absolute Gasteiger partial charge is 0.466 e. The molecular weight excluding hydrogens is 292 g/mol. The molecule has 0 bridgehead atoms. The molecule has 2 heterocycles. The number of hydrogen-bond donors (Lipinski definition) is 1. The molecule has 1 aliphatic heterocycles. The van der Waals surface area contributed by atoms with Crippen LogP contribution in [0.2, 0.25) is 0 Å². The van der Waals surface area contributed by atoms with E-state index in [1.807, 2.05) is 16.8 Å². The first-order chi connectivity index (χ1) is 9.99. The van der Waals surface area contributed by atoms with Crippen molar-refractivity contribution in [3.63, 3.8) is 0 Å². The Kier molecular flexibility index (Phi) is 4.62. The van der Waals surface area contributed by atoms with Crippen LogP contribution in [0.3, 0.4) is 0 Å². The van der Waals surface area contributed by atoms with E-state index in [-0.39, 0.29) is 24.8 Å². The summed E-state index contributed by atoms with van der Waals surface area (Å²) in [7, 11) is 0. The predicted molar refractivity (Wildman–Crippen MR) is 77.8 cm³/mol. The molecule has 0 aliphatic carbocycles. The van der Waals surface area contributed by atoms with Crippen LogP contribution < -0.4 is 5.32 Å². The predicted octanol–water partition coefficient (Wildman–Crippen LogP) is 1.86. The van der Waals surface area contributed by atoms with E-state index in [1.165, 1.54) is 11.3 Å². The van der Waals surface area contributed by atoms with E-state index in [2.05, 4.69) is 5.32 Å². The molecule has 21 heavy (non-hydrogen) atoms. The molecule has 114 valence electrons. The first-order valence-electron chi connectivity index (χ1n) is 6.81. The van der Waals surface area contributed by atoms with E-state index < -0.39 is 11.6 Å². The molecule has 0 spiro atoms. The summed E-state index contributed by atoms with van der Waals surface area (Å²) in [5.74, 6) is -0.597. The van der Waals surface area contributed by atoms with Gasteiger partial charge in [0.25, 0.3) is 5.91 Å². The van der Waals surface area contributed by atoms with Gasteiger partial charge in [-0.2, -0.15) is 11.3 Å². The minimum Gasteiger partial charge on any atom is -0.466 e. The minimum absolute atomic E-state index is 0.195. The monoisotopic (exact) mass is 310 g/mol. The van der Waals surface area contributed by atoms with E-state index in [9.17, 15) is 14.4 Å². The van der Waals surface area contributed by atoms with Crippen molar-refractivity contribution in [2.75, 3.05) is 13.2 Å². The molecule has 3 amide bonds. The van der Waals surface area contributed by atoms with Crippen molar-refractivity contribution in [2.45, 2.75) is 32.2 Å². The van der Waals surface area contributed by atoms with Gasteiger partial charge < -0.3 is 10.1 Å². The molecule has 7 heteroatoms. The third kappa shape index (κ3) is 3.07. The highest BCUT2D eigenvalue weighted by Crippen LogP contribution is 2.30. The third-order valence-corrected chi connectivity index (χ3v) is 4.12. The van der Waals surface area contributed by atoms with Crippen molar-refractivity contribution in [2.24, 2.45) is 0 Å². The Morgan fingerprint density at radius 1 is 1.48 bits per heavy atom. The molecule has 1 atom stereocenters. The zero-order chi connectivity index (χ0) is 15.5. The second-order valence-electron chi connectivity index (χ2n) is 4.93. The zero-order valence-corrected chi connectivity index (χ0v) is 12.9. The van der Waals surface area contributed by atoms with Gasteiger partial charge in [0.1, 0.15) is 5.54 Å². The Morgan fingerprint density at radius 2 is 2.24 bits per heavy atom. The van der Waals surface area contributed by atoms with Gasteiger partial charge in [-0.15, -0.1) is 0 Å². The minimum atomic E-state index is -1.01. The number of esters is 1. The molecular formula is C14H18N2O4S. The van der Waals surface area contributed by atoms with E-state index in [4.69, 9.17) is 4.74 Å². The van der Waals surface area contributed by atoms with Crippen molar-refractivity contribution in [3.05, 3.63) is 22.4 Å². The van der Waals surface area contributed by atoms with Gasteiger partial charge in [-0.25, -0.2) is 4.79 Å². The van der Waals surface area contributed by atoms with Gasteiger partial charge in [0, 0.05) is 13.0 Å². The van der Waals surface area contributed by atoms with Gasteiger partial charge in [-0.3, -0.25) is 14.5 Å². The van der Waals surface area contributed by atoms with Crippen LogP contribution in [0.15, 0.2) is 16.8 Å². The Labute approximate surface area is 127 Å². The summed E-state index contributed by atoms with van der Waals surface area (Å²) in [6, 6.07) is 1.41. The number of nitrogens with zero attached hydrogens (tertiary/aromatic N) is 1. The van der Waals surface area contributed by atoms with Crippen molar-refractivity contribution < 1.29 is 19.1 Å². The number of nitrogens with one attached hydrogen (secondary N) is 1. The van der Waals surface area contributed by atoms with Gasteiger partial charge in [-0.05, 0) is 42.7 Å². The lowest BCUT2D eigenvalue weighted by Crippen LogP contribution is -2.40. The van der Waals surface area contributed by atoms with Crippen LogP contribution in [0.4, 0.5) is 4.79 Å². The summed E-state index contributed by atoms with van der Waals surface area (Å²) in [6.45, 7) is 3.98. The number of ether oxygens (including phenoxy) is 1. The second-order valence-corrected chi connectivity index (χ2v) is 5.71. The van der Waals surface area contributed by atoms with Crippen LogP contribution in [-0.2, 0) is 19.9 Å². The lowest BCUT2D eigenvalue weighted by molar-refractivity contribution is -0.143. The number of urea groups is 1. The number of carbonyl (C=O) groups is 3. The molecule has 1 N–H and O–H groups in total. The van der Waals surface area contributed by atoms with Crippen LogP contribution in [0.25, 0.3) is 0 Å². The van der Waals surface area contributed by atoms with Crippen LogP contribution in [0.1, 0.15) is 32.3 Å². The molecule has 0 aromatic carbocycles. The summed E-state index contributed by atoms with van der Waals surface area (Å²) < 4.78 is 4.82. The molecule has 0 radical (unpaired) electrons. The molecule has 1 fully saturated rings. The number of rotatable bonds is 6. The lowest BCUT2D eigenvalue weighted by atomic mass is 9.95. The summed E-state index contributed by atoms with van der Waals surface area (Å²) >= 11 is 1.47. The van der Waals surface area contributed by atoms with E-state index in [0.717, 1.165) is 10.5 Å². The molecule has 0 saturated carbocycles. The highest BCUT2D eigenvalue weighted by molar-refractivity contribution is 7.08. The highest BCUT2D eigenvalue weighted by atomic mass is 32.1. The Bertz CT molecular complexity index is 543. The number of imide groups is 1. The fraction of sp³-hybridized carbons (Fsp3) is 0.500. The maximum atomic E-state index is 12.5. The van der Waals surface area contributed by atoms with Gasteiger partial charge >= 0.3 is 12.0 Å². The van der Waals surface area contributed by atoms with Gasteiger partial charge in [0.2, 0.25) is 0 Å². The quantitative estimate of drug-likeness (QED) is 0.643. The van der Waals surface area contributed by atoms with Gasteiger partial charge in [0.05, 0.1) is 6.61 Å². The lowest BCUT2D eigenvalue weighted by Gasteiger charge is -2.20. The number of hydrogen-bond acceptors (Lipinski definition) is 5. The average Bonchev–Trinajstić information content (AvgIpc) is 3.03. The molecule has 1 aromatic heterocycles. The normalized spacial score (nSPS) is 21.5. The molecule has 1 saturated heterocycles. The number of thiophene rings is 1. The average molecular weight is 310 g/mol. The van der Waals surface area contributed by atoms with Crippen LogP contribution in [0, 0.1) is 0 Å². The fourth-order valence-electron chi connectivity index (χ4n) is 2.26.